The van der Waals surface area contributed by atoms with Gasteiger partial charge in [-0.15, -0.1) is 0 Å². The Hall–Kier alpha value is -2.32. The first-order chi connectivity index (χ1) is 17.7. The predicted octanol–water partition coefficient (Wildman–Crippen LogP) is 4.43. The number of likely N-dealkylation sites (tertiary alicyclic amines) is 1. The minimum absolute atomic E-state index is 0.00991. The van der Waals surface area contributed by atoms with Gasteiger partial charge in [-0.05, 0) is 94.9 Å². The lowest BCUT2D eigenvalue weighted by atomic mass is 9.74. The van der Waals surface area contributed by atoms with Crippen LogP contribution >= 0.6 is 0 Å². The Morgan fingerprint density at radius 2 is 1.92 bits per heavy atom. The van der Waals surface area contributed by atoms with Crippen molar-refractivity contribution in [3.05, 3.63) is 29.3 Å². The van der Waals surface area contributed by atoms with Gasteiger partial charge in [0.1, 0.15) is 18.0 Å². The van der Waals surface area contributed by atoms with Gasteiger partial charge in [-0.1, -0.05) is 6.07 Å². The number of nitrogens with one attached hydrogen (secondary N) is 1. The van der Waals surface area contributed by atoms with E-state index in [9.17, 15) is 9.59 Å². The second-order valence-electron chi connectivity index (χ2n) is 11.9. The number of fused-ring (bicyclic) bond motifs is 1. The molecule has 8 heteroatoms. The van der Waals surface area contributed by atoms with Crippen molar-refractivity contribution < 1.29 is 23.8 Å². The number of ether oxygens (including phenoxy) is 3. The molecule has 2 fully saturated rings. The first-order valence-electron chi connectivity index (χ1n) is 13.9. The number of nitrogens with zero attached hydrogens (tertiary/aromatic N) is 2. The van der Waals surface area contributed by atoms with Gasteiger partial charge in [-0.3, -0.25) is 4.79 Å². The van der Waals surface area contributed by atoms with Crippen LogP contribution in [-0.2, 0) is 9.47 Å². The van der Waals surface area contributed by atoms with Crippen molar-refractivity contribution in [1.29, 1.82) is 0 Å². The molecule has 0 atom stereocenters. The Morgan fingerprint density at radius 3 is 2.59 bits per heavy atom. The van der Waals surface area contributed by atoms with Crippen molar-refractivity contribution in [2.75, 3.05) is 59.6 Å². The zero-order valence-electron chi connectivity index (χ0n) is 23.1. The molecule has 206 valence electrons. The molecule has 0 radical (unpaired) electrons. The highest BCUT2D eigenvalue weighted by molar-refractivity contribution is 5.97. The van der Waals surface area contributed by atoms with Crippen molar-refractivity contribution in [2.24, 2.45) is 5.41 Å². The van der Waals surface area contributed by atoms with E-state index < -0.39 is 5.60 Å². The lowest BCUT2D eigenvalue weighted by Gasteiger charge is -2.44. The van der Waals surface area contributed by atoms with Crippen molar-refractivity contribution in [3.63, 3.8) is 0 Å². The van der Waals surface area contributed by atoms with Crippen LogP contribution in [0.1, 0.15) is 81.1 Å². The van der Waals surface area contributed by atoms with Crippen LogP contribution in [-0.4, -0.2) is 87.0 Å². The molecule has 2 heterocycles. The molecule has 3 aliphatic rings. The van der Waals surface area contributed by atoms with E-state index in [1.807, 2.05) is 36.6 Å². The molecular weight excluding hydrogens is 470 g/mol. The molecule has 1 aliphatic carbocycles. The van der Waals surface area contributed by atoms with Crippen LogP contribution in [0.15, 0.2) is 18.2 Å². The molecule has 0 bridgehead atoms. The molecular formula is C29H45N3O5. The average molecular weight is 516 g/mol. The van der Waals surface area contributed by atoms with E-state index >= 15 is 0 Å². The third-order valence-electron chi connectivity index (χ3n) is 7.73. The number of carbonyl (C=O) groups is 2. The fourth-order valence-electron chi connectivity index (χ4n) is 5.46. The number of amides is 2. The summed E-state index contributed by atoms with van der Waals surface area (Å²) in [4.78, 5) is 30.6. The van der Waals surface area contributed by atoms with E-state index in [1.54, 1.807) is 7.11 Å². The first kappa shape index (κ1) is 27.7. The second kappa shape index (κ2) is 12.0. The molecule has 37 heavy (non-hydrogen) atoms. The summed E-state index contributed by atoms with van der Waals surface area (Å²) in [6.07, 6.45) is 5.81. The van der Waals surface area contributed by atoms with Gasteiger partial charge in [0.2, 0.25) is 0 Å². The molecule has 2 aliphatic heterocycles. The van der Waals surface area contributed by atoms with Crippen molar-refractivity contribution in [2.45, 2.75) is 70.8 Å². The Labute approximate surface area is 222 Å². The van der Waals surface area contributed by atoms with Gasteiger partial charge in [0, 0.05) is 39.8 Å². The Bertz CT molecular complexity index is 932. The van der Waals surface area contributed by atoms with Crippen molar-refractivity contribution >= 4 is 12.0 Å². The summed E-state index contributed by atoms with van der Waals surface area (Å²) in [5.74, 6) is 1.22. The molecule has 0 unspecified atom stereocenters. The van der Waals surface area contributed by atoms with E-state index in [1.165, 1.54) is 18.4 Å². The highest BCUT2D eigenvalue weighted by Crippen LogP contribution is 2.42. The maximum atomic E-state index is 14.1. The molecule has 1 aromatic carbocycles. The van der Waals surface area contributed by atoms with Crippen LogP contribution in [0.25, 0.3) is 0 Å². The van der Waals surface area contributed by atoms with E-state index in [4.69, 9.17) is 14.2 Å². The zero-order valence-corrected chi connectivity index (χ0v) is 23.1. The lowest BCUT2D eigenvalue weighted by molar-refractivity contribution is 0.00108. The summed E-state index contributed by atoms with van der Waals surface area (Å²) in [6.45, 7) is 10.8. The molecule has 1 N–H and O–H groups in total. The highest BCUT2D eigenvalue weighted by atomic mass is 16.6. The van der Waals surface area contributed by atoms with Gasteiger partial charge < -0.3 is 29.3 Å². The van der Waals surface area contributed by atoms with Gasteiger partial charge in [-0.25, -0.2) is 4.79 Å². The summed E-state index contributed by atoms with van der Waals surface area (Å²) in [5.41, 5.74) is 1.31. The third-order valence-corrected chi connectivity index (χ3v) is 7.73. The predicted molar refractivity (Wildman–Crippen MR) is 143 cm³/mol. The van der Waals surface area contributed by atoms with Crippen molar-refractivity contribution in [1.82, 2.24) is 15.1 Å². The molecule has 1 aromatic rings. The second-order valence-corrected chi connectivity index (χ2v) is 11.9. The summed E-state index contributed by atoms with van der Waals surface area (Å²) >= 11 is 0. The maximum absolute atomic E-state index is 14.1. The standard InChI is InChI=1S/C29H45N3O5/c1-28(2,3)37-27(34)31-15-11-29(12-16-31)10-5-13-30-14-18-36-25-9-8-23(22-6-7-22)20-24(25)26(33)32(21-29)17-19-35-4/h8-9,20,22,30H,5-7,10-19,21H2,1-4H3. The molecule has 1 spiro atoms. The molecule has 1 saturated carbocycles. The lowest BCUT2D eigenvalue weighted by Crippen LogP contribution is -2.50. The normalized spacial score (nSPS) is 21.4. The van der Waals surface area contributed by atoms with Crippen LogP contribution in [0.3, 0.4) is 0 Å². The largest absolute Gasteiger partial charge is 0.491 e. The van der Waals surface area contributed by atoms with E-state index in [0.29, 0.717) is 56.6 Å². The summed E-state index contributed by atoms with van der Waals surface area (Å²) < 4.78 is 17.1. The molecule has 1 saturated heterocycles. The molecule has 4 rings (SSSR count). The number of hydrogen-bond acceptors (Lipinski definition) is 6. The number of rotatable bonds is 4. The number of methoxy groups -OCH3 is 1. The third kappa shape index (κ3) is 7.60. The van der Waals surface area contributed by atoms with E-state index in [-0.39, 0.29) is 17.4 Å². The quantitative estimate of drug-likeness (QED) is 0.639. The van der Waals surface area contributed by atoms with Gasteiger partial charge in [0.25, 0.3) is 5.91 Å². The van der Waals surface area contributed by atoms with Crippen LogP contribution < -0.4 is 10.1 Å². The monoisotopic (exact) mass is 515 g/mol. The number of carbonyl (C=O) groups excluding carboxylic acids is 2. The summed E-state index contributed by atoms with van der Waals surface area (Å²) in [7, 11) is 1.67. The van der Waals surface area contributed by atoms with Crippen LogP contribution in [0, 0.1) is 5.41 Å². The van der Waals surface area contributed by atoms with Crippen LogP contribution in [0.2, 0.25) is 0 Å². The Kier molecular flexibility index (Phi) is 9.01. The topological polar surface area (TPSA) is 80.3 Å². The smallest absolute Gasteiger partial charge is 0.410 e. The van der Waals surface area contributed by atoms with Gasteiger partial charge in [-0.2, -0.15) is 0 Å². The maximum Gasteiger partial charge on any atom is 0.410 e. The molecule has 2 amide bonds. The summed E-state index contributed by atoms with van der Waals surface area (Å²) in [5, 5.41) is 3.50. The van der Waals surface area contributed by atoms with Crippen LogP contribution in [0.4, 0.5) is 4.79 Å². The molecule has 8 nitrogen and oxygen atoms in total. The van der Waals surface area contributed by atoms with E-state index in [0.717, 1.165) is 38.8 Å². The number of benzene rings is 1. The fourth-order valence-corrected chi connectivity index (χ4v) is 5.46. The van der Waals surface area contributed by atoms with Gasteiger partial charge in [0.05, 0.1) is 12.2 Å². The summed E-state index contributed by atoms with van der Waals surface area (Å²) in [6, 6.07) is 6.15. The Balaban J connectivity index is 1.58. The SMILES string of the molecule is COCCN1CC2(CCCNCCOc3ccc(C4CC4)cc3C1=O)CCN(C(=O)OC(C)(C)C)CC2. The fraction of sp³-hybridized carbons (Fsp3) is 0.724. The van der Waals surface area contributed by atoms with Gasteiger partial charge >= 0.3 is 6.09 Å². The zero-order chi connectivity index (χ0) is 26.5. The number of piperidine rings is 1. The van der Waals surface area contributed by atoms with Gasteiger partial charge in [0.15, 0.2) is 0 Å². The first-order valence-corrected chi connectivity index (χ1v) is 13.9. The van der Waals surface area contributed by atoms with Crippen LogP contribution in [0.5, 0.6) is 5.75 Å². The van der Waals surface area contributed by atoms with Crippen molar-refractivity contribution in [3.8, 4) is 5.75 Å². The minimum Gasteiger partial charge on any atom is -0.491 e. The minimum atomic E-state index is -0.512. The Morgan fingerprint density at radius 1 is 1.16 bits per heavy atom. The average Bonchev–Trinajstić information content (AvgIpc) is 3.70. The van der Waals surface area contributed by atoms with E-state index in [2.05, 4.69) is 17.4 Å². The highest BCUT2D eigenvalue weighted by Gasteiger charge is 2.39. The molecule has 0 aromatic heterocycles. The number of hydrogen-bond donors (Lipinski definition) is 1.